The molecule has 1 amide bonds. The van der Waals surface area contributed by atoms with Crippen LogP contribution in [-0.2, 0) is 9.59 Å². The summed E-state index contributed by atoms with van der Waals surface area (Å²) in [5.41, 5.74) is 0.0946. The Hall–Kier alpha value is -2.01. The molecule has 3 unspecified atom stereocenters. The number of hydrogen-bond acceptors (Lipinski definition) is 3. The minimum Gasteiger partial charge on any atom is -0.479 e. The lowest BCUT2D eigenvalue weighted by atomic mass is 9.98. The van der Waals surface area contributed by atoms with Crippen molar-refractivity contribution in [2.75, 3.05) is 11.5 Å². The van der Waals surface area contributed by atoms with E-state index in [1.54, 1.807) is 11.8 Å². The summed E-state index contributed by atoms with van der Waals surface area (Å²) in [6.07, 6.45) is 1.30. The summed E-state index contributed by atoms with van der Waals surface area (Å²) in [6.45, 7) is 0. The molecule has 1 aliphatic heterocycles. The molecule has 0 aromatic heterocycles. The predicted molar refractivity (Wildman–Crippen MR) is 95.2 cm³/mol. The molecule has 3 atom stereocenters. The van der Waals surface area contributed by atoms with E-state index >= 15 is 0 Å². The van der Waals surface area contributed by atoms with Gasteiger partial charge in [0, 0.05) is 11.7 Å². The molecule has 0 radical (unpaired) electrons. The second-order valence-corrected chi connectivity index (χ2v) is 7.84. The molecular formula is C19H19NO3S. The molecule has 4 nitrogen and oxygen atoms in total. The summed E-state index contributed by atoms with van der Waals surface area (Å²) >= 11 is 1.59. The molecule has 1 saturated heterocycles. The molecule has 2 aliphatic rings. The highest BCUT2D eigenvalue weighted by molar-refractivity contribution is 7.99. The van der Waals surface area contributed by atoms with Gasteiger partial charge < -0.3 is 10.4 Å². The maximum atomic E-state index is 12.5. The Bertz CT molecular complexity index is 813. The van der Waals surface area contributed by atoms with Crippen molar-refractivity contribution in [1.29, 1.82) is 0 Å². The van der Waals surface area contributed by atoms with Gasteiger partial charge in [-0.05, 0) is 40.8 Å². The van der Waals surface area contributed by atoms with Crippen molar-refractivity contribution in [3.05, 3.63) is 48.0 Å². The first kappa shape index (κ1) is 15.5. The summed E-state index contributed by atoms with van der Waals surface area (Å²) < 4.78 is 0. The van der Waals surface area contributed by atoms with Gasteiger partial charge in [-0.3, -0.25) is 4.79 Å². The van der Waals surface area contributed by atoms with E-state index in [-0.39, 0.29) is 17.7 Å². The summed E-state index contributed by atoms with van der Waals surface area (Å²) in [4.78, 5) is 24.1. The normalized spacial score (nSPS) is 28.7. The van der Waals surface area contributed by atoms with Crippen LogP contribution in [0, 0.1) is 5.92 Å². The molecule has 1 saturated carbocycles. The van der Waals surface area contributed by atoms with E-state index in [0.29, 0.717) is 12.2 Å². The highest BCUT2D eigenvalue weighted by Crippen LogP contribution is 2.48. The van der Waals surface area contributed by atoms with Crippen molar-refractivity contribution in [3.8, 4) is 0 Å². The number of thioether (sulfide) groups is 1. The van der Waals surface area contributed by atoms with Crippen LogP contribution in [0.3, 0.4) is 0 Å². The Morgan fingerprint density at radius 3 is 2.67 bits per heavy atom. The second kappa shape index (κ2) is 5.81. The Morgan fingerprint density at radius 1 is 1.17 bits per heavy atom. The van der Waals surface area contributed by atoms with Gasteiger partial charge in [0.15, 0.2) is 0 Å². The highest BCUT2D eigenvalue weighted by atomic mass is 32.2. The Morgan fingerprint density at radius 2 is 1.96 bits per heavy atom. The van der Waals surface area contributed by atoms with Gasteiger partial charge in [-0.2, -0.15) is 11.8 Å². The van der Waals surface area contributed by atoms with Crippen LogP contribution in [0.1, 0.15) is 24.3 Å². The van der Waals surface area contributed by atoms with Crippen LogP contribution in [0.25, 0.3) is 10.8 Å². The maximum absolute atomic E-state index is 12.5. The summed E-state index contributed by atoms with van der Waals surface area (Å²) in [7, 11) is 0. The maximum Gasteiger partial charge on any atom is 0.330 e. The monoisotopic (exact) mass is 341 g/mol. The fourth-order valence-electron chi connectivity index (χ4n) is 3.51. The van der Waals surface area contributed by atoms with Crippen molar-refractivity contribution in [2.24, 2.45) is 5.92 Å². The number of aliphatic carboxylic acids is 1. The smallest absolute Gasteiger partial charge is 0.330 e. The number of carbonyl (C=O) groups excluding carboxylic acids is 1. The van der Waals surface area contributed by atoms with Crippen LogP contribution in [-0.4, -0.2) is 34.0 Å². The van der Waals surface area contributed by atoms with Gasteiger partial charge in [0.25, 0.3) is 0 Å². The number of rotatable bonds is 4. The van der Waals surface area contributed by atoms with Crippen molar-refractivity contribution in [1.82, 2.24) is 5.32 Å². The Kier molecular flexibility index (Phi) is 3.76. The van der Waals surface area contributed by atoms with Gasteiger partial charge in [0.05, 0.1) is 0 Å². The van der Waals surface area contributed by atoms with E-state index in [4.69, 9.17) is 0 Å². The Balaban J connectivity index is 1.48. The standard InChI is InChI=1S/C19H19NO3S/c21-17(20-19(18(22)23)7-8-24-11-19)16-10-15(16)14-6-5-12-3-1-2-4-13(12)9-14/h1-6,9,15-16H,7-8,10-11H2,(H,20,21)(H,22,23). The SMILES string of the molecule is O=C(NC1(C(=O)O)CCSC1)C1CC1c1ccc2ccccc2c1. The number of carboxylic acids is 1. The van der Waals surface area contributed by atoms with Crippen LogP contribution < -0.4 is 5.32 Å². The molecule has 2 aromatic carbocycles. The molecular weight excluding hydrogens is 322 g/mol. The van der Waals surface area contributed by atoms with E-state index in [9.17, 15) is 14.7 Å². The lowest BCUT2D eigenvalue weighted by Gasteiger charge is -2.24. The van der Waals surface area contributed by atoms with Gasteiger partial charge in [-0.1, -0.05) is 42.5 Å². The van der Waals surface area contributed by atoms with Gasteiger partial charge in [-0.15, -0.1) is 0 Å². The molecule has 2 fully saturated rings. The van der Waals surface area contributed by atoms with Crippen LogP contribution in [0.15, 0.2) is 42.5 Å². The van der Waals surface area contributed by atoms with Crippen LogP contribution in [0.4, 0.5) is 0 Å². The fourth-order valence-corrected chi connectivity index (χ4v) is 4.83. The number of fused-ring (bicyclic) bond motifs is 1. The van der Waals surface area contributed by atoms with Crippen molar-refractivity contribution in [3.63, 3.8) is 0 Å². The zero-order valence-electron chi connectivity index (χ0n) is 13.2. The molecule has 2 aromatic rings. The number of amides is 1. The number of benzene rings is 2. The molecule has 4 rings (SSSR count). The highest BCUT2D eigenvalue weighted by Gasteiger charge is 2.49. The lowest BCUT2D eigenvalue weighted by molar-refractivity contribution is -0.146. The molecule has 1 aliphatic carbocycles. The van der Waals surface area contributed by atoms with E-state index < -0.39 is 11.5 Å². The molecule has 1 heterocycles. The van der Waals surface area contributed by atoms with Crippen molar-refractivity contribution >= 4 is 34.4 Å². The van der Waals surface area contributed by atoms with Gasteiger partial charge in [-0.25, -0.2) is 4.79 Å². The van der Waals surface area contributed by atoms with Gasteiger partial charge in [0.2, 0.25) is 5.91 Å². The third kappa shape index (κ3) is 2.67. The number of nitrogens with one attached hydrogen (secondary N) is 1. The minimum atomic E-state index is -1.07. The van der Waals surface area contributed by atoms with Crippen molar-refractivity contribution in [2.45, 2.75) is 24.3 Å². The van der Waals surface area contributed by atoms with Crippen LogP contribution in [0.5, 0.6) is 0 Å². The summed E-state index contributed by atoms with van der Waals surface area (Å²) in [6, 6.07) is 14.5. The third-order valence-electron chi connectivity index (χ3n) is 5.12. The average molecular weight is 341 g/mol. The molecule has 0 bridgehead atoms. The van der Waals surface area contributed by atoms with Gasteiger partial charge in [0.1, 0.15) is 5.54 Å². The predicted octanol–water partition coefficient (Wildman–Crippen LogP) is 3.02. The number of carboxylic acid groups (broad SMARTS) is 1. The quantitative estimate of drug-likeness (QED) is 0.897. The molecule has 0 spiro atoms. The number of hydrogen-bond donors (Lipinski definition) is 2. The topological polar surface area (TPSA) is 66.4 Å². The first-order valence-electron chi connectivity index (χ1n) is 8.21. The van der Waals surface area contributed by atoms with E-state index in [1.807, 2.05) is 12.1 Å². The molecule has 5 heteroatoms. The van der Waals surface area contributed by atoms with Crippen LogP contribution >= 0.6 is 11.8 Å². The average Bonchev–Trinajstić information content (AvgIpc) is 3.26. The second-order valence-electron chi connectivity index (χ2n) is 6.73. The zero-order valence-corrected chi connectivity index (χ0v) is 14.0. The lowest BCUT2D eigenvalue weighted by Crippen LogP contribution is -2.55. The van der Waals surface area contributed by atoms with Gasteiger partial charge >= 0.3 is 5.97 Å². The molecule has 24 heavy (non-hydrogen) atoms. The van der Waals surface area contributed by atoms with E-state index in [0.717, 1.165) is 12.2 Å². The molecule has 2 N–H and O–H groups in total. The largest absolute Gasteiger partial charge is 0.479 e. The first-order valence-corrected chi connectivity index (χ1v) is 9.36. The Labute approximate surface area is 144 Å². The zero-order chi connectivity index (χ0) is 16.7. The van der Waals surface area contributed by atoms with Crippen molar-refractivity contribution < 1.29 is 14.7 Å². The number of carbonyl (C=O) groups is 2. The summed E-state index contributed by atoms with van der Waals surface area (Å²) in [5.74, 6) is 0.316. The first-order chi connectivity index (χ1) is 11.6. The fraction of sp³-hybridized carbons (Fsp3) is 0.368. The van der Waals surface area contributed by atoms with E-state index in [1.165, 1.54) is 16.3 Å². The van der Waals surface area contributed by atoms with Crippen LogP contribution in [0.2, 0.25) is 0 Å². The third-order valence-corrected chi connectivity index (χ3v) is 6.31. The molecule has 124 valence electrons. The summed E-state index contributed by atoms with van der Waals surface area (Å²) in [5, 5.41) is 14.7. The minimum absolute atomic E-state index is 0.104. The van der Waals surface area contributed by atoms with E-state index in [2.05, 4.69) is 35.6 Å².